The van der Waals surface area contributed by atoms with E-state index < -0.39 is 17.7 Å². The fraction of sp³-hybridized carbons (Fsp3) is 0.290. The summed E-state index contributed by atoms with van der Waals surface area (Å²) in [6, 6.07) is 20.9. The fourth-order valence-corrected chi connectivity index (χ4v) is 4.59. The molecule has 4 rings (SSSR count). The summed E-state index contributed by atoms with van der Waals surface area (Å²) in [5, 5.41) is 11.5. The maximum atomic E-state index is 13.5. The molecule has 0 bridgehead atoms. The third-order valence-corrected chi connectivity index (χ3v) is 6.41. The molecule has 1 saturated heterocycles. The number of hydrogen-bond donors (Lipinski definition) is 1. The first-order chi connectivity index (χ1) is 17.7. The number of aliphatic hydroxyl groups is 1. The van der Waals surface area contributed by atoms with Gasteiger partial charge in [-0.3, -0.25) is 14.5 Å². The van der Waals surface area contributed by atoms with Crippen molar-refractivity contribution in [1.29, 1.82) is 0 Å². The number of nitrogens with zero attached hydrogens (tertiary/aromatic N) is 1. The van der Waals surface area contributed by atoms with E-state index in [1.165, 1.54) is 4.90 Å². The maximum absolute atomic E-state index is 13.5. The Kier molecular flexibility index (Phi) is 7.39. The summed E-state index contributed by atoms with van der Waals surface area (Å²) < 4.78 is 11.3. The van der Waals surface area contributed by atoms with Crippen LogP contribution < -0.4 is 14.4 Å². The van der Waals surface area contributed by atoms with Gasteiger partial charge in [0.25, 0.3) is 11.7 Å². The minimum Gasteiger partial charge on any atom is -0.507 e. The van der Waals surface area contributed by atoms with Crippen molar-refractivity contribution in [3.63, 3.8) is 0 Å². The van der Waals surface area contributed by atoms with Crippen LogP contribution in [0, 0.1) is 0 Å². The second kappa shape index (κ2) is 10.5. The predicted octanol–water partition coefficient (Wildman–Crippen LogP) is 6.41. The minimum absolute atomic E-state index is 0.0427. The van der Waals surface area contributed by atoms with Crippen LogP contribution in [-0.4, -0.2) is 30.5 Å². The largest absolute Gasteiger partial charge is 0.507 e. The molecule has 1 unspecified atom stereocenters. The zero-order chi connectivity index (χ0) is 26.7. The molecule has 3 aromatic carbocycles. The molecule has 0 aromatic heterocycles. The molecule has 1 aliphatic rings. The van der Waals surface area contributed by atoms with E-state index in [0.29, 0.717) is 34.9 Å². The Morgan fingerprint density at radius 1 is 0.973 bits per heavy atom. The number of aliphatic hydroxyl groups excluding tert-OH is 1. The number of carbonyl (C=O) groups excluding carboxylic acids is 2. The monoisotopic (exact) mass is 499 g/mol. The quantitative estimate of drug-likeness (QED) is 0.231. The summed E-state index contributed by atoms with van der Waals surface area (Å²) in [6.45, 7) is 8.70. The lowest BCUT2D eigenvalue weighted by molar-refractivity contribution is -0.132. The molecule has 37 heavy (non-hydrogen) atoms. The molecule has 0 saturated carbocycles. The zero-order valence-electron chi connectivity index (χ0n) is 21.9. The molecule has 1 amide bonds. The average molecular weight is 500 g/mol. The van der Waals surface area contributed by atoms with Gasteiger partial charge in [0.2, 0.25) is 0 Å². The van der Waals surface area contributed by atoms with Crippen LogP contribution in [-0.2, 0) is 15.0 Å². The number of carbonyl (C=O) groups is 2. The van der Waals surface area contributed by atoms with E-state index in [1.54, 1.807) is 37.4 Å². The lowest BCUT2D eigenvalue weighted by atomic mass is 9.84. The molecule has 0 aliphatic carbocycles. The van der Waals surface area contributed by atoms with Crippen LogP contribution in [0.1, 0.15) is 56.8 Å². The van der Waals surface area contributed by atoms with Crippen molar-refractivity contribution >= 4 is 23.1 Å². The first kappa shape index (κ1) is 26.0. The Balaban J connectivity index is 1.90. The molecular weight excluding hydrogens is 466 g/mol. The first-order valence-electron chi connectivity index (χ1n) is 12.4. The van der Waals surface area contributed by atoms with Gasteiger partial charge in [0.05, 0.1) is 25.3 Å². The van der Waals surface area contributed by atoms with Gasteiger partial charge in [-0.25, -0.2) is 0 Å². The van der Waals surface area contributed by atoms with E-state index in [0.717, 1.165) is 12.0 Å². The van der Waals surface area contributed by atoms with Crippen molar-refractivity contribution in [2.75, 3.05) is 18.6 Å². The highest BCUT2D eigenvalue weighted by Crippen LogP contribution is 2.43. The molecule has 3 aromatic rings. The number of Topliss-reactive ketones (excluding diaryl/α,β-unsaturated/α-hetero) is 1. The highest BCUT2D eigenvalue weighted by atomic mass is 16.5. The molecule has 1 N–H and O–H groups in total. The lowest BCUT2D eigenvalue weighted by Crippen LogP contribution is -2.29. The number of amides is 1. The van der Waals surface area contributed by atoms with Gasteiger partial charge < -0.3 is 14.6 Å². The first-order valence-corrected chi connectivity index (χ1v) is 12.4. The van der Waals surface area contributed by atoms with Crippen molar-refractivity contribution in [2.24, 2.45) is 0 Å². The van der Waals surface area contributed by atoms with E-state index in [-0.39, 0.29) is 16.7 Å². The highest BCUT2D eigenvalue weighted by Gasteiger charge is 2.47. The van der Waals surface area contributed by atoms with Gasteiger partial charge in [-0.05, 0) is 47.7 Å². The molecule has 6 nitrogen and oxygen atoms in total. The van der Waals surface area contributed by atoms with Gasteiger partial charge >= 0.3 is 0 Å². The Morgan fingerprint density at radius 3 is 2.35 bits per heavy atom. The van der Waals surface area contributed by atoms with Crippen molar-refractivity contribution in [2.45, 2.75) is 45.6 Å². The van der Waals surface area contributed by atoms with Crippen LogP contribution >= 0.6 is 0 Å². The molecule has 1 fully saturated rings. The Bertz CT molecular complexity index is 1340. The standard InChI is InChI=1S/C31H33NO5/c1-6-17-37-23-14-10-13-22(19-23)32-27(20-11-8-7-9-12-20)26(29(34)30(32)35)28(33)21-15-16-25(36-5)24(18-21)31(2,3)4/h7-16,18-19,27,33H,6,17H2,1-5H3/b28-26-. The third-order valence-electron chi connectivity index (χ3n) is 6.41. The summed E-state index contributed by atoms with van der Waals surface area (Å²) in [4.78, 5) is 28.4. The summed E-state index contributed by atoms with van der Waals surface area (Å²) in [5.74, 6) is -0.362. The van der Waals surface area contributed by atoms with Gasteiger partial charge in [0.15, 0.2) is 0 Å². The second-order valence-electron chi connectivity index (χ2n) is 10.1. The second-order valence-corrected chi connectivity index (χ2v) is 10.1. The molecule has 1 heterocycles. The number of ketones is 1. The van der Waals surface area contributed by atoms with E-state index >= 15 is 0 Å². The average Bonchev–Trinajstić information content (AvgIpc) is 3.17. The number of methoxy groups -OCH3 is 1. The molecule has 0 radical (unpaired) electrons. The van der Waals surface area contributed by atoms with Crippen molar-refractivity contribution in [3.05, 3.63) is 95.1 Å². The van der Waals surface area contributed by atoms with Crippen LogP contribution in [0.15, 0.2) is 78.4 Å². The van der Waals surface area contributed by atoms with Gasteiger partial charge in [0, 0.05) is 22.9 Å². The van der Waals surface area contributed by atoms with E-state index in [4.69, 9.17) is 9.47 Å². The van der Waals surface area contributed by atoms with Crippen molar-refractivity contribution < 1.29 is 24.2 Å². The smallest absolute Gasteiger partial charge is 0.300 e. The number of rotatable bonds is 7. The predicted molar refractivity (Wildman–Crippen MR) is 145 cm³/mol. The highest BCUT2D eigenvalue weighted by molar-refractivity contribution is 6.51. The normalized spacial score (nSPS) is 17.2. The van der Waals surface area contributed by atoms with Crippen LogP contribution in [0.2, 0.25) is 0 Å². The van der Waals surface area contributed by atoms with Crippen LogP contribution in [0.4, 0.5) is 5.69 Å². The maximum Gasteiger partial charge on any atom is 0.300 e. The number of ether oxygens (including phenoxy) is 2. The SMILES string of the molecule is CCCOc1cccc(N2C(=O)C(=O)/C(=C(\O)c3ccc(OC)c(C(C)(C)C)c3)C2c2ccccc2)c1. The molecule has 192 valence electrons. The zero-order valence-corrected chi connectivity index (χ0v) is 21.9. The third kappa shape index (κ3) is 5.10. The van der Waals surface area contributed by atoms with E-state index in [2.05, 4.69) is 0 Å². The molecule has 1 atom stereocenters. The molecule has 1 aliphatic heterocycles. The number of benzene rings is 3. The number of anilines is 1. The fourth-order valence-electron chi connectivity index (χ4n) is 4.59. The van der Waals surface area contributed by atoms with E-state index in [9.17, 15) is 14.7 Å². The van der Waals surface area contributed by atoms with Gasteiger partial charge in [-0.1, -0.05) is 64.1 Å². The van der Waals surface area contributed by atoms with E-state index in [1.807, 2.05) is 70.2 Å². The molecule has 0 spiro atoms. The Hall–Kier alpha value is -4.06. The summed E-state index contributed by atoms with van der Waals surface area (Å²) in [5.41, 5.74) is 2.34. The minimum atomic E-state index is -0.803. The van der Waals surface area contributed by atoms with Crippen molar-refractivity contribution in [3.8, 4) is 11.5 Å². The van der Waals surface area contributed by atoms with Crippen LogP contribution in [0.3, 0.4) is 0 Å². The summed E-state index contributed by atoms with van der Waals surface area (Å²) >= 11 is 0. The number of hydrogen-bond acceptors (Lipinski definition) is 5. The van der Waals surface area contributed by atoms with Gasteiger partial charge in [0.1, 0.15) is 17.3 Å². The summed E-state index contributed by atoms with van der Waals surface area (Å²) in [6.07, 6.45) is 0.844. The molecular formula is C31H33NO5. The van der Waals surface area contributed by atoms with Gasteiger partial charge in [-0.2, -0.15) is 0 Å². The van der Waals surface area contributed by atoms with Gasteiger partial charge in [-0.15, -0.1) is 0 Å². The lowest BCUT2D eigenvalue weighted by Gasteiger charge is -2.26. The topological polar surface area (TPSA) is 76.1 Å². The molecule has 6 heteroatoms. The Labute approximate surface area is 218 Å². The van der Waals surface area contributed by atoms with Crippen LogP contribution in [0.5, 0.6) is 11.5 Å². The van der Waals surface area contributed by atoms with Crippen LogP contribution in [0.25, 0.3) is 5.76 Å². The Morgan fingerprint density at radius 2 is 1.70 bits per heavy atom. The summed E-state index contributed by atoms with van der Waals surface area (Å²) in [7, 11) is 1.60. The van der Waals surface area contributed by atoms with Crippen molar-refractivity contribution in [1.82, 2.24) is 0 Å².